The number of methoxy groups -OCH3 is 1. The molecule has 0 atom stereocenters. The minimum Gasteiger partial charge on any atom is -0.465 e. The minimum absolute atomic E-state index is 0.319. The largest absolute Gasteiger partial charge is 0.465 e. The molecule has 0 amide bonds. The lowest BCUT2D eigenvalue weighted by Crippen LogP contribution is -2.37. The van der Waals surface area contributed by atoms with Gasteiger partial charge in [-0.15, -0.1) is 0 Å². The quantitative estimate of drug-likeness (QED) is 0.847. The van der Waals surface area contributed by atoms with Crippen molar-refractivity contribution in [1.29, 1.82) is 0 Å². The molecule has 132 valence electrons. The van der Waals surface area contributed by atoms with Crippen LogP contribution in [0.5, 0.6) is 0 Å². The van der Waals surface area contributed by atoms with Crippen LogP contribution in [0.25, 0.3) is 0 Å². The van der Waals surface area contributed by atoms with Crippen molar-refractivity contribution in [1.82, 2.24) is 0 Å². The van der Waals surface area contributed by atoms with Gasteiger partial charge in [0.1, 0.15) is 0 Å². The van der Waals surface area contributed by atoms with Crippen LogP contribution in [0.1, 0.15) is 21.5 Å². The van der Waals surface area contributed by atoms with E-state index in [4.69, 9.17) is 9.47 Å². The summed E-state index contributed by atoms with van der Waals surface area (Å²) >= 11 is 0. The number of nitrogens with one attached hydrogen (secondary N) is 1. The molecule has 2 aromatic rings. The van der Waals surface area contributed by atoms with Crippen LogP contribution in [0.2, 0.25) is 0 Å². The second-order valence-electron chi connectivity index (χ2n) is 6.16. The van der Waals surface area contributed by atoms with Crippen molar-refractivity contribution in [3.05, 3.63) is 59.2 Å². The zero-order valence-corrected chi connectivity index (χ0v) is 14.7. The lowest BCUT2D eigenvalue weighted by Gasteiger charge is -2.30. The van der Waals surface area contributed by atoms with Gasteiger partial charge >= 0.3 is 5.97 Å². The second-order valence-corrected chi connectivity index (χ2v) is 6.16. The lowest BCUT2D eigenvalue weighted by molar-refractivity contribution is 0.0600. The molecule has 0 saturated carbocycles. The van der Waals surface area contributed by atoms with Gasteiger partial charge in [0.15, 0.2) is 0 Å². The summed E-state index contributed by atoms with van der Waals surface area (Å²) in [7, 11) is 1.41. The number of anilines is 2. The van der Waals surface area contributed by atoms with Crippen molar-refractivity contribution in [2.75, 3.05) is 43.6 Å². The van der Waals surface area contributed by atoms with E-state index in [-0.39, 0.29) is 5.97 Å². The summed E-state index contributed by atoms with van der Waals surface area (Å²) in [6, 6.07) is 14.2. The minimum atomic E-state index is -0.319. The molecule has 1 fully saturated rings. The smallest absolute Gasteiger partial charge is 0.340 e. The number of benzene rings is 2. The molecular formula is C20H24N2O3. The van der Waals surface area contributed by atoms with Crippen LogP contribution in [-0.2, 0) is 16.0 Å². The first kappa shape index (κ1) is 17.3. The fraction of sp³-hybridized carbons (Fsp3) is 0.350. The number of aryl methyl sites for hydroxylation is 1. The number of rotatable bonds is 5. The van der Waals surface area contributed by atoms with Gasteiger partial charge in [0.2, 0.25) is 0 Å². The maximum Gasteiger partial charge on any atom is 0.340 e. The van der Waals surface area contributed by atoms with Gasteiger partial charge in [0, 0.05) is 25.3 Å². The molecule has 5 heteroatoms. The molecule has 1 saturated heterocycles. The molecule has 1 heterocycles. The third-order valence-corrected chi connectivity index (χ3v) is 4.37. The van der Waals surface area contributed by atoms with Gasteiger partial charge in [-0.1, -0.05) is 29.8 Å². The molecule has 0 aliphatic carbocycles. The molecule has 1 aliphatic heterocycles. The molecule has 25 heavy (non-hydrogen) atoms. The molecule has 0 spiro atoms. The maximum absolute atomic E-state index is 12.2. The summed E-state index contributed by atoms with van der Waals surface area (Å²) in [6.45, 7) is 5.68. The van der Waals surface area contributed by atoms with E-state index >= 15 is 0 Å². The fourth-order valence-electron chi connectivity index (χ4n) is 2.91. The Morgan fingerprint density at radius 3 is 2.56 bits per heavy atom. The predicted octanol–water partition coefficient (Wildman–Crippen LogP) is 3.23. The van der Waals surface area contributed by atoms with Crippen molar-refractivity contribution >= 4 is 17.3 Å². The monoisotopic (exact) mass is 340 g/mol. The number of ether oxygens (including phenoxy) is 2. The SMILES string of the molecule is COC(=O)c1cc(NCc2ccc(C)cc2)ccc1N1CCOCC1. The van der Waals surface area contributed by atoms with E-state index in [1.807, 2.05) is 18.2 Å². The van der Waals surface area contributed by atoms with Gasteiger partial charge in [0.05, 0.1) is 31.6 Å². The van der Waals surface area contributed by atoms with Crippen molar-refractivity contribution < 1.29 is 14.3 Å². The van der Waals surface area contributed by atoms with Crippen molar-refractivity contribution in [2.24, 2.45) is 0 Å². The first-order valence-electron chi connectivity index (χ1n) is 8.52. The average Bonchev–Trinajstić information content (AvgIpc) is 2.67. The van der Waals surface area contributed by atoms with Crippen molar-refractivity contribution in [3.8, 4) is 0 Å². The molecule has 0 bridgehead atoms. The van der Waals surface area contributed by atoms with Crippen molar-refractivity contribution in [2.45, 2.75) is 13.5 Å². The number of nitrogens with zero attached hydrogens (tertiary/aromatic N) is 1. The Morgan fingerprint density at radius 1 is 1.16 bits per heavy atom. The molecule has 0 aromatic heterocycles. The average molecular weight is 340 g/mol. The van der Waals surface area contributed by atoms with E-state index in [1.54, 1.807) is 0 Å². The van der Waals surface area contributed by atoms with Crippen LogP contribution in [0, 0.1) is 6.92 Å². The molecule has 1 N–H and O–H groups in total. The van der Waals surface area contributed by atoms with Crippen LogP contribution < -0.4 is 10.2 Å². The lowest BCUT2D eigenvalue weighted by atomic mass is 10.1. The Balaban J connectivity index is 1.78. The summed E-state index contributed by atoms with van der Waals surface area (Å²) in [5.41, 5.74) is 4.82. The van der Waals surface area contributed by atoms with E-state index in [2.05, 4.69) is 41.4 Å². The third-order valence-electron chi connectivity index (χ3n) is 4.37. The third kappa shape index (κ3) is 4.31. The van der Waals surface area contributed by atoms with E-state index < -0.39 is 0 Å². The topological polar surface area (TPSA) is 50.8 Å². The van der Waals surface area contributed by atoms with Crippen LogP contribution >= 0.6 is 0 Å². The Kier molecular flexibility index (Phi) is 5.56. The zero-order valence-electron chi connectivity index (χ0n) is 14.7. The summed E-state index contributed by atoms with van der Waals surface area (Å²) in [6.07, 6.45) is 0. The Morgan fingerprint density at radius 2 is 1.88 bits per heavy atom. The summed E-state index contributed by atoms with van der Waals surface area (Å²) < 4.78 is 10.4. The van der Waals surface area contributed by atoms with Crippen LogP contribution in [0.4, 0.5) is 11.4 Å². The zero-order chi connectivity index (χ0) is 17.6. The second kappa shape index (κ2) is 8.03. The van der Waals surface area contributed by atoms with Crippen molar-refractivity contribution in [3.63, 3.8) is 0 Å². The molecule has 1 aliphatic rings. The number of morpholine rings is 1. The molecule has 2 aromatic carbocycles. The summed E-state index contributed by atoms with van der Waals surface area (Å²) in [4.78, 5) is 14.4. The molecule has 3 rings (SSSR count). The highest BCUT2D eigenvalue weighted by Crippen LogP contribution is 2.26. The Bertz CT molecular complexity index is 722. The standard InChI is InChI=1S/C20H24N2O3/c1-15-3-5-16(6-4-15)14-21-17-7-8-19(18(13-17)20(23)24-2)22-9-11-25-12-10-22/h3-8,13,21H,9-12,14H2,1-2H3. The molecule has 0 radical (unpaired) electrons. The summed E-state index contributed by atoms with van der Waals surface area (Å²) in [5, 5.41) is 3.38. The van der Waals surface area contributed by atoms with Gasteiger partial charge < -0.3 is 19.7 Å². The number of carbonyl (C=O) groups excluding carboxylic acids is 1. The number of esters is 1. The van der Waals surface area contributed by atoms with Gasteiger partial charge in [-0.25, -0.2) is 4.79 Å². The van der Waals surface area contributed by atoms with Crippen LogP contribution in [0.3, 0.4) is 0 Å². The van der Waals surface area contributed by atoms with E-state index in [1.165, 1.54) is 18.2 Å². The van der Waals surface area contributed by atoms with E-state index in [0.29, 0.717) is 25.3 Å². The van der Waals surface area contributed by atoms with Gasteiger partial charge in [-0.2, -0.15) is 0 Å². The highest BCUT2D eigenvalue weighted by molar-refractivity contribution is 5.97. The summed E-state index contributed by atoms with van der Waals surface area (Å²) in [5.74, 6) is -0.319. The highest BCUT2D eigenvalue weighted by Gasteiger charge is 2.19. The van der Waals surface area contributed by atoms with Gasteiger partial charge in [0.25, 0.3) is 0 Å². The molecule has 5 nitrogen and oxygen atoms in total. The first-order valence-corrected chi connectivity index (χ1v) is 8.52. The Hall–Kier alpha value is -2.53. The van der Waals surface area contributed by atoms with Gasteiger partial charge in [-0.3, -0.25) is 0 Å². The van der Waals surface area contributed by atoms with Gasteiger partial charge in [-0.05, 0) is 30.7 Å². The van der Waals surface area contributed by atoms with Crippen LogP contribution in [0.15, 0.2) is 42.5 Å². The molecule has 0 unspecified atom stereocenters. The highest BCUT2D eigenvalue weighted by atomic mass is 16.5. The normalized spacial score (nSPS) is 14.2. The fourth-order valence-corrected chi connectivity index (χ4v) is 2.91. The van der Waals surface area contributed by atoms with Crippen LogP contribution in [-0.4, -0.2) is 39.4 Å². The van der Waals surface area contributed by atoms with E-state index in [0.717, 1.165) is 24.5 Å². The molecular weight excluding hydrogens is 316 g/mol. The number of hydrogen-bond acceptors (Lipinski definition) is 5. The first-order chi connectivity index (χ1) is 12.2. The number of carbonyl (C=O) groups is 1. The predicted molar refractivity (Wildman–Crippen MR) is 99.3 cm³/mol. The van der Waals surface area contributed by atoms with E-state index in [9.17, 15) is 4.79 Å². The maximum atomic E-state index is 12.2. The number of hydrogen-bond donors (Lipinski definition) is 1. The Labute approximate surface area is 148 Å².